The number of rotatable bonds is 5. The fourth-order valence-corrected chi connectivity index (χ4v) is 2.55. The molecule has 1 aliphatic rings. The Morgan fingerprint density at radius 2 is 1.48 bits per heavy atom. The number of hydrogen-bond donors (Lipinski definition) is 0. The molecule has 110 valence electrons. The highest BCUT2D eigenvalue weighted by atomic mass is 35.5. The fraction of sp³-hybridized carbons (Fsp3) is 0.278. The van der Waals surface area contributed by atoms with Crippen LogP contribution < -0.4 is 0 Å². The third-order valence-corrected chi connectivity index (χ3v) is 3.65. The van der Waals surface area contributed by atoms with Gasteiger partial charge in [-0.2, -0.15) is 0 Å². The van der Waals surface area contributed by atoms with Crippen molar-refractivity contribution in [3.8, 4) is 0 Å². The Kier molecular flexibility index (Phi) is 5.82. The minimum Gasteiger partial charge on any atom is -0.392 e. The van der Waals surface area contributed by atoms with Gasteiger partial charge in [0.25, 0.3) is 0 Å². The van der Waals surface area contributed by atoms with Crippen LogP contribution in [0.25, 0.3) is 0 Å². The van der Waals surface area contributed by atoms with Gasteiger partial charge in [0.05, 0.1) is 5.71 Å². The Hall–Kier alpha value is -1.80. The summed E-state index contributed by atoms with van der Waals surface area (Å²) < 4.78 is 0. The lowest BCUT2D eigenvalue weighted by atomic mass is 10.0. The number of hydrogen-bond acceptors (Lipinski definition) is 2. The minimum absolute atomic E-state index is 0. The third kappa shape index (κ3) is 4.61. The highest BCUT2D eigenvalue weighted by Crippen LogP contribution is 2.18. The first kappa shape index (κ1) is 15.6. The number of aryl methyl sites for hydroxylation is 1. The van der Waals surface area contributed by atoms with E-state index in [1.807, 2.05) is 6.07 Å². The van der Waals surface area contributed by atoms with E-state index < -0.39 is 0 Å². The molecule has 3 rings (SSSR count). The molecule has 0 aromatic heterocycles. The van der Waals surface area contributed by atoms with E-state index in [1.165, 1.54) is 16.8 Å². The topological polar surface area (TPSA) is 21.6 Å². The van der Waals surface area contributed by atoms with Gasteiger partial charge in [0, 0.05) is 12.8 Å². The van der Waals surface area contributed by atoms with Crippen LogP contribution in [-0.4, -0.2) is 11.8 Å². The van der Waals surface area contributed by atoms with E-state index in [1.54, 1.807) is 0 Å². The largest absolute Gasteiger partial charge is 0.392 e. The van der Waals surface area contributed by atoms with Gasteiger partial charge in [-0.15, -0.1) is 12.4 Å². The van der Waals surface area contributed by atoms with Crippen molar-refractivity contribution in [2.75, 3.05) is 0 Å². The molecule has 0 amide bonds. The van der Waals surface area contributed by atoms with Crippen LogP contribution >= 0.6 is 12.4 Å². The molecule has 0 fully saturated rings. The van der Waals surface area contributed by atoms with Crippen LogP contribution in [0.15, 0.2) is 65.8 Å². The van der Waals surface area contributed by atoms with Crippen LogP contribution in [0.2, 0.25) is 0 Å². The van der Waals surface area contributed by atoms with Gasteiger partial charge in [-0.25, -0.2) is 0 Å². The van der Waals surface area contributed by atoms with E-state index in [-0.39, 0.29) is 18.5 Å². The monoisotopic (exact) mass is 301 g/mol. The molecule has 2 aromatic rings. The maximum absolute atomic E-state index is 5.55. The molecule has 2 aromatic carbocycles. The summed E-state index contributed by atoms with van der Waals surface area (Å²) in [5.74, 6) is 0. The van der Waals surface area contributed by atoms with Gasteiger partial charge in [-0.1, -0.05) is 65.8 Å². The molecule has 1 atom stereocenters. The summed E-state index contributed by atoms with van der Waals surface area (Å²) in [7, 11) is 0. The lowest BCUT2D eigenvalue weighted by Gasteiger charge is -2.07. The molecule has 0 saturated carbocycles. The lowest BCUT2D eigenvalue weighted by molar-refractivity contribution is 0.0859. The number of oxime groups is 1. The molecule has 1 heterocycles. The molecule has 1 aliphatic heterocycles. The highest BCUT2D eigenvalue weighted by Gasteiger charge is 2.20. The van der Waals surface area contributed by atoms with Crippen molar-refractivity contribution in [1.82, 2.24) is 0 Å². The zero-order valence-electron chi connectivity index (χ0n) is 11.9. The summed E-state index contributed by atoms with van der Waals surface area (Å²) in [6, 6.07) is 21.0. The normalized spacial score (nSPS) is 16.8. The smallest absolute Gasteiger partial charge is 0.136 e. The molecular formula is C18H20ClNO. The van der Waals surface area contributed by atoms with Crippen LogP contribution in [0.3, 0.4) is 0 Å². The number of benzene rings is 2. The van der Waals surface area contributed by atoms with Crippen molar-refractivity contribution in [2.24, 2.45) is 5.16 Å². The van der Waals surface area contributed by atoms with Crippen molar-refractivity contribution in [3.63, 3.8) is 0 Å². The summed E-state index contributed by atoms with van der Waals surface area (Å²) in [5, 5.41) is 4.25. The molecule has 1 unspecified atom stereocenters. The summed E-state index contributed by atoms with van der Waals surface area (Å²) in [5.41, 5.74) is 3.87. The van der Waals surface area contributed by atoms with Crippen LogP contribution in [0.5, 0.6) is 0 Å². The predicted molar refractivity (Wildman–Crippen MR) is 89.1 cm³/mol. The molecule has 0 saturated heterocycles. The van der Waals surface area contributed by atoms with Crippen LogP contribution in [0, 0.1) is 0 Å². The van der Waals surface area contributed by atoms with Gasteiger partial charge in [-0.3, -0.25) is 0 Å². The van der Waals surface area contributed by atoms with Crippen LogP contribution in [0.4, 0.5) is 0 Å². The summed E-state index contributed by atoms with van der Waals surface area (Å²) in [6.45, 7) is 0. The first-order valence-electron chi connectivity index (χ1n) is 7.19. The van der Waals surface area contributed by atoms with Crippen LogP contribution in [0.1, 0.15) is 24.0 Å². The molecule has 3 heteroatoms. The van der Waals surface area contributed by atoms with Crippen molar-refractivity contribution >= 4 is 18.1 Å². The molecule has 0 aliphatic carbocycles. The zero-order chi connectivity index (χ0) is 13.6. The van der Waals surface area contributed by atoms with E-state index in [0.29, 0.717) is 0 Å². The van der Waals surface area contributed by atoms with E-state index in [2.05, 4.69) is 59.8 Å². The van der Waals surface area contributed by atoms with Gasteiger partial charge in [-0.05, 0) is 24.0 Å². The SMILES string of the molecule is Cl.c1ccc(CCC2=NOC(Cc3ccccc3)C2)cc1. The second-order valence-electron chi connectivity index (χ2n) is 5.26. The van der Waals surface area contributed by atoms with Crippen molar-refractivity contribution < 1.29 is 4.84 Å². The Labute approximate surface area is 132 Å². The average molecular weight is 302 g/mol. The Morgan fingerprint density at radius 1 is 0.857 bits per heavy atom. The number of halogens is 1. The molecule has 2 nitrogen and oxygen atoms in total. The van der Waals surface area contributed by atoms with E-state index in [4.69, 9.17) is 4.84 Å². The number of nitrogens with zero attached hydrogens (tertiary/aromatic N) is 1. The van der Waals surface area contributed by atoms with Crippen molar-refractivity contribution in [2.45, 2.75) is 31.8 Å². The second-order valence-corrected chi connectivity index (χ2v) is 5.26. The van der Waals surface area contributed by atoms with Gasteiger partial charge < -0.3 is 4.84 Å². The molecule has 0 spiro atoms. The maximum atomic E-state index is 5.55. The molecule has 0 bridgehead atoms. The molecule has 0 radical (unpaired) electrons. The summed E-state index contributed by atoms with van der Waals surface area (Å²) in [4.78, 5) is 5.55. The maximum Gasteiger partial charge on any atom is 0.136 e. The van der Waals surface area contributed by atoms with Crippen molar-refractivity contribution in [1.29, 1.82) is 0 Å². The van der Waals surface area contributed by atoms with E-state index in [9.17, 15) is 0 Å². The Balaban J connectivity index is 0.00000161. The average Bonchev–Trinajstić information content (AvgIpc) is 2.95. The first-order chi connectivity index (χ1) is 9.90. The van der Waals surface area contributed by atoms with Gasteiger partial charge >= 0.3 is 0 Å². The highest BCUT2D eigenvalue weighted by molar-refractivity contribution is 5.85. The van der Waals surface area contributed by atoms with E-state index in [0.717, 1.165) is 25.7 Å². The molecular weight excluding hydrogens is 282 g/mol. The van der Waals surface area contributed by atoms with Gasteiger partial charge in [0.15, 0.2) is 0 Å². The fourth-order valence-electron chi connectivity index (χ4n) is 2.55. The summed E-state index contributed by atoms with van der Waals surface area (Å²) >= 11 is 0. The zero-order valence-corrected chi connectivity index (χ0v) is 12.8. The van der Waals surface area contributed by atoms with E-state index >= 15 is 0 Å². The Morgan fingerprint density at radius 3 is 2.14 bits per heavy atom. The standard InChI is InChI=1S/C18H19NO.ClH/c1-3-7-15(8-4-1)11-12-17-14-18(20-19-17)13-16-9-5-2-6-10-16;/h1-10,18H,11-14H2;1H. The summed E-state index contributed by atoms with van der Waals surface area (Å²) in [6.07, 6.45) is 4.15. The molecule has 21 heavy (non-hydrogen) atoms. The van der Waals surface area contributed by atoms with Gasteiger partial charge in [0.1, 0.15) is 6.10 Å². The van der Waals surface area contributed by atoms with Crippen molar-refractivity contribution in [3.05, 3.63) is 71.8 Å². The van der Waals surface area contributed by atoms with Gasteiger partial charge in [0.2, 0.25) is 0 Å². The van der Waals surface area contributed by atoms with Crippen LogP contribution in [-0.2, 0) is 17.7 Å². The molecule has 0 N–H and O–H groups in total. The first-order valence-corrected chi connectivity index (χ1v) is 7.19. The predicted octanol–water partition coefficient (Wildman–Crippen LogP) is 4.43. The quantitative estimate of drug-likeness (QED) is 0.800. The lowest BCUT2D eigenvalue weighted by Crippen LogP contribution is -2.11. The Bertz CT molecular complexity index is 568. The minimum atomic E-state index is 0. The second kappa shape index (κ2) is 7.84. The third-order valence-electron chi connectivity index (χ3n) is 3.65.